The summed E-state index contributed by atoms with van der Waals surface area (Å²) in [6.07, 6.45) is 1.89. The minimum atomic E-state index is -0.576. The fraction of sp³-hybridized carbons (Fsp3) is 0.375. The van der Waals surface area contributed by atoms with Gasteiger partial charge in [-0.15, -0.1) is 11.3 Å². The predicted molar refractivity (Wildman–Crippen MR) is 52.0 cm³/mol. The molecule has 2 rings (SSSR count). The third-order valence-electron chi connectivity index (χ3n) is 1.93. The highest BCUT2D eigenvalue weighted by molar-refractivity contribution is 7.14. The van der Waals surface area contributed by atoms with Crippen LogP contribution in [0.1, 0.15) is 23.3 Å². The fourth-order valence-electron chi connectivity index (χ4n) is 0.997. The van der Waals surface area contributed by atoms with E-state index in [0.717, 1.165) is 12.8 Å². The van der Waals surface area contributed by atoms with Gasteiger partial charge in [-0.1, -0.05) is 0 Å². The number of nitrogens with zero attached hydrogens (tertiary/aromatic N) is 1. The highest BCUT2D eigenvalue weighted by Gasteiger charge is 2.30. The molecule has 0 bridgehead atoms. The maximum absolute atomic E-state index is 11.3. The highest BCUT2D eigenvalue weighted by Crippen LogP contribution is 2.30. The number of aromatic nitrogens is 1. The molecule has 1 fully saturated rings. The van der Waals surface area contributed by atoms with Crippen molar-refractivity contribution in [3.63, 3.8) is 0 Å². The van der Waals surface area contributed by atoms with E-state index in [0.29, 0.717) is 5.13 Å². The molecular formula is C8H9N3O2S. The number of nitrogens with two attached hydrogens (primary N) is 1. The normalized spacial score (nSPS) is 15.1. The number of hydrogen-bond acceptors (Lipinski definition) is 4. The van der Waals surface area contributed by atoms with Gasteiger partial charge in [0.1, 0.15) is 5.69 Å². The van der Waals surface area contributed by atoms with Crippen molar-refractivity contribution in [1.82, 2.24) is 4.98 Å². The number of carbonyl (C=O) groups is 2. The van der Waals surface area contributed by atoms with Crippen molar-refractivity contribution in [3.8, 4) is 0 Å². The van der Waals surface area contributed by atoms with Crippen LogP contribution in [-0.2, 0) is 4.79 Å². The van der Waals surface area contributed by atoms with Crippen LogP contribution in [0.5, 0.6) is 0 Å². The maximum Gasteiger partial charge on any atom is 0.268 e. The largest absolute Gasteiger partial charge is 0.364 e. The molecule has 1 saturated carbocycles. The second kappa shape index (κ2) is 3.38. The van der Waals surface area contributed by atoms with Crippen LogP contribution in [0.25, 0.3) is 0 Å². The molecule has 0 aromatic carbocycles. The van der Waals surface area contributed by atoms with Crippen LogP contribution in [0.4, 0.5) is 5.13 Å². The van der Waals surface area contributed by atoms with Crippen molar-refractivity contribution in [2.24, 2.45) is 11.7 Å². The Morgan fingerprint density at radius 1 is 1.57 bits per heavy atom. The lowest BCUT2D eigenvalue weighted by Crippen LogP contribution is -2.14. The quantitative estimate of drug-likeness (QED) is 0.767. The summed E-state index contributed by atoms with van der Waals surface area (Å²) in [6.45, 7) is 0. The number of amides is 2. The molecule has 14 heavy (non-hydrogen) atoms. The molecule has 3 N–H and O–H groups in total. The van der Waals surface area contributed by atoms with Gasteiger partial charge in [-0.2, -0.15) is 0 Å². The van der Waals surface area contributed by atoms with Crippen LogP contribution >= 0.6 is 11.3 Å². The second-order valence-corrected chi connectivity index (χ2v) is 4.02. The molecule has 1 aromatic heterocycles. The first-order valence-electron chi connectivity index (χ1n) is 4.23. The minimum Gasteiger partial charge on any atom is -0.364 e. The van der Waals surface area contributed by atoms with E-state index in [1.54, 1.807) is 0 Å². The molecular weight excluding hydrogens is 202 g/mol. The van der Waals surface area contributed by atoms with Crippen LogP contribution in [0.15, 0.2) is 5.38 Å². The van der Waals surface area contributed by atoms with Gasteiger partial charge >= 0.3 is 0 Å². The summed E-state index contributed by atoms with van der Waals surface area (Å²) in [4.78, 5) is 25.9. The molecule has 0 atom stereocenters. The molecule has 1 aromatic rings. The molecule has 0 spiro atoms. The van der Waals surface area contributed by atoms with Crippen molar-refractivity contribution in [2.75, 3.05) is 5.32 Å². The van der Waals surface area contributed by atoms with E-state index in [1.807, 2.05) is 0 Å². The van der Waals surface area contributed by atoms with Crippen LogP contribution in [0.3, 0.4) is 0 Å². The summed E-state index contributed by atoms with van der Waals surface area (Å²) in [6, 6.07) is 0. The third-order valence-corrected chi connectivity index (χ3v) is 2.69. The van der Waals surface area contributed by atoms with Crippen LogP contribution in [0, 0.1) is 5.92 Å². The van der Waals surface area contributed by atoms with Crippen molar-refractivity contribution in [1.29, 1.82) is 0 Å². The number of hydrogen-bond donors (Lipinski definition) is 2. The monoisotopic (exact) mass is 211 g/mol. The highest BCUT2D eigenvalue weighted by atomic mass is 32.1. The summed E-state index contributed by atoms with van der Waals surface area (Å²) >= 11 is 1.21. The molecule has 6 heteroatoms. The number of rotatable bonds is 3. The molecule has 1 aliphatic carbocycles. The van der Waals surface area contributed by atoms with Crippen molar-refractivity contribution in [3.05, 3.63) is 11.1 Å². The number of nitrogens with one attached hydrogen (secondary N) is 1. The van der Waals surface area contributed by atoms with E-state index in [1.165, 1.54) is 16.7 Å². The van der Waals surface area contributed by atoms with Crippen LogP contribution in [0.2, 0.25) is 0 Å². The predicted octanol–water partition coefficient (Wildman–Crippen LogP) is 0.590. The van der Waals surface area contributed by atoms with Gasteiger partial charge in [-0.05, 0) is 12.8 Å². The first-order valence-corrected chi connectivity index (χ1v) is 5.11. The van der Waals surface area contributed by atoms with Crippen molar-refractivity contribution < 1.29 is 9.59 Å². The SMILES string of the molecule is NC(=O)c1csc(NC(=O)C2CC2)n1. The number of carbonyl (C=O) groups excluding carboxylic acids is 2. The summed E-state index contributed by atoms with van der Waals surface area (Å²) < 4.78 is 0. The smallest absolute Gasteiger partial charge is 0.268 e. The summed E-state index contributed by atoms with van der Waals surface area (Å²) in [5.74, 6) is -0.459. The van der Waals surface area contributed by atoms with Gasteiger partial charge in [0, 0.05) is 11.3 Å². The van der Waals surface area contributed by atoms with Crippen LogP contribution in [-0.4, -0.2) is 16.8 Å². The summed E-state index contributed by atoms with van der Waals surface area (Å²) in [5, 5.41) is 4.61. The van der Waals surface area contributed by atoms with E-state index >= 15 is 0 Å². The Morgan fingerprint density at radius 3 is 2.79 bits per heavy atom. The maximum atomic E-state index is 11.3. The van der Waals surface area contributed by atoms with E-state index in [2.05, 4.69) is 10.3 Å². The Hall–Kier alpha value is -1.43. The van der Waals surface area contributed by atoms with E-state index in [9.17, 15) is 9.59 Å². The van der Waals surface area contributed by atoms with Crippen molar-refractivity contribution in [2.45, 2.75) is 12.8 Å². The Balaban J connectivity index is 2.02. The zero-order chi connectivity index (χ0) is 10.1. The topological polar surface area (TPSA) is 85.1 Å². The van der Waals surface area contributed by atoms with E-state index in [4.69, 9.17) is 5.73 Å². The molecule has 1 aliphatic rings. The van der Waals surface area contributed by atoms with E-state index in [-0.39, 0.29) is 17.5 Å². The zero-order valence-corrected chi connectivity index (χ0v) is 8.13. The summed E-state index contributed by atoms with van der Waals surface area (Å²) in [7, 11) is 0. The Morgan fingerprint density at radius 2 is 2.29 bits per heavy atom. The van der Waals surface area contributed by atoms with Crippen molar-refractivity contribution >= 4 is 28.3 Å². The number of anilines is 1. The van der Waals surface area contributed by atoms with Gasteiger partial charge in [0.15, 0.2) is 5.13 Å². The van der Waals surface area contributed by atoms with Gasteiger partial charge in [-0.25, -0.2) is 4.98 Å². The lowest BCUT2D eigenvalue weighted by atomic mass is 10.4. The molecule has 0 unspecified atom stereocenters. The number of thiazole rings is 1. The average Bonchev–Trinajstić information content (AvgIpc) is 2.87. The second-order valence-electron chi connectivity index (χ2n) is 3.17. The zero-order valence-electron chi connectivity index (χ0n) is 7.32. The Bertz CT molecular complexity index is 384. The lowest BCUT2D eigenvalue weighted by Gasteiger charge is -1.97. The van der Waals surface area contributed by atoms with Gasteiger partial charge < -0.3 is 11.1 Å². The molecule has 0 aliphatic heterocycles. The first-order chi connectivity index (χ1) is 6.66. The van der Waals surface area contributed by atoms with Gasteiger partial charge in [0.2, 0.25) is 5.91 Å². The first kappa shape index (κ1) is 9.14. The fourth-order valence-corrected chi connectivity index (χ4v) is 1.70. The molecule has 1 heterocycles. The Labute approximate surface area is 84.3 Å². The molecule has 74 valence electrons. The Kier molecular flexibility index (Phi) is 2.20. The molecule has 0 radical (unpaired) electrons. The van der Waals surface area contributed by atoms with E-state index < -0.39 is 5.91 Å². The van der Waals surface area contributed by atoms with Gasteiger partial charge in [0.25, 0.3) is 5.91 Å². The van der Waals surface area contributed by atoms with Gasteiger partial charge in [0.05, 0.1) is 0 Å². The minimum absolute atomic E-state index is 0.0182. The molecule has 0 saturated heterocycles. The molecule has 5 nitrogen and oxygen atoms in total. The summed E-state index contributed by atoms with van der Waals surface area (Å²) in [5.41, 5.74) is 5.22. The number of primary amides is 1. The van der Waals surface area contributed by atoms with Gasteiger partial charge in [-0.3, -0.25) is 9.59 Å². The molecule has 2 amide bonds. The average molecular weight is 211 g/mol. The third kappa shape index (κ3) is 1.90. The lowest BCUT2D eigenvalue weighted by molar-refractivity contribution is -0.117. The standard InChI is InChI=1S/C8H9N3O2S/c9-6(12)5-3-14-8(10-5)11-7(13)4-1-2-4/h3-4H,1-2H2,(H2,9,12)(H,10,11,13). The van der Waals surface area contributed by atoms with Crippen LogP contribution < -0.4 is 11.1 Å².